The van der Waals surface area contributed by atoms with Crippen molar-refractivity contribution < 1.29 is 19.0 Å². The Morgan fingerprint density at radius 1 is 1.25 bits per heavy atom. The van der Waals surface area contributed by atoms with Gasteiger partial charge in [0.15, 0.2) is 11.5 Å². The maximum atomic E-state index is 13.0. The number of hydrogen-bond donors (Lipinski definition) is 3. The Labute approximate surface area is 196 Å². The number of rotatable bonds is 6. The number of carbonyl (C=O) groups excluding carboxylic acids is 1. The molecule has 1 amide bonds. The number of benzene rings is 2. The minimum Gasteiger partial charge on any atom is -0.454 e. The molecule has 32 heavy (non-hydrogen) atoms. The van der Waals surface area contributed by atoms with Gasteiger partial charge in [0.2, 0.25) is 6.79 Å². The van der Waals surface area contributed by atoms with Gasteiger partial charge in [-0.2, -0.15) is 0 Å². The largest absolute Gasteiger partial charge is 0.454 e. The smallest absolute Gasteiger partial charge is 0.269 e. The molecule has 10 heteroatoms. The number of amides is 1. The second kappa shape index (κ2) is 9.46. The highest BCUT2D eigenvalue weighted by molar-refractivity contribution is 6.42. The first kappa shape index (κ1) is 22.5. The van der Waals surface area contributed by atoms with E-state index in [9.17, 15) is 4.79 Å². The molecule has 2 aromatic rings. The number of aryl methyl sites for hydroxylation is 1. The van der Waals surface area contributed by atoms with Crippen molar-refractivity contribution in [2.24, 2.45) is 17.5 Å². The monoisotopic (exact) mass is 478 g/mol. The summed E-state index contributed by atoms with van der Waals surface area (Å²) in [6.07, 6.45) is 3.04. The van der Waals surface area contributed by atoms with Gasteiger partial charge in [-0.1, -0.05) is 23.2 Å². The highest BCUT2D eigenvalue weighted by Crippen LogP contribution is 2.42. The van der Waals surface area contributed by atoms with Gasteiger partial charge in [-0.25, -0.2) is 5.84 Å². The molecule has 0 fully saturated rings. The lowest BCUT2D eigenvalue weighted by Gasteiger charge is -2.34. The summed E-state index contributed by atoms with van der Waals surface area (Å²) < 4.78 is 16.4. The van der Waals surface area contributed by atoms with Crippen molar-refractivity contribution in [3.8, 4) is 11.5 Å². The summed E-state index contributed by atoms with van der Waals surface area (Å²) in [5, 5.41) is 5.00. The van der Waals surface area contributed by atoms with E-state index in [2.05, 4.69) is 5.32 Å². The molecule has 8 nitrogen and oxygen atoms in total. The average molecular weight is 479 g/mol. The molecule has 0 radical (unpaired) electrons. The molecule has 2 aromatic carbocycles. The van der Waals surface area contributed by atoms with Crippen LogP contribution in [0.1, 0.15) is 23.6 Å². The third-order valence-electron chi connectivity index (χ3n) is 5.63. The van der Waals surface area contributed by atoms with Crippen LogP contribution >= 0.6 is 23.2 Å². The first-order valence-corrected chi connectivity index (χ1v) is 10.8. The second-order valence-corrected chi connectivity index (χ2v) is 8.51. The number of carbonyl (C=O) groups is 1. The molecule has 0 saturated heterocycles. The lowest BCUT2D eigenvalue weighted by molar-refractivity contribution is -0.119. The Morgan fingerprint density at radius 3 is 2.72 bits per heavy atom. The maximum absolute atomic E-state index is 13.0. The van der Waals surface area contributed by atoms with Crippen molar-refractivity contribution in [2.45, 2.75) is 18.9 Å². The summed E-state index contributed by atoms with van der Waals surface area (Å²) in [7, 11) is 1.64. The Kier molecular flexibility index (Phi) is 6.66. The van der Waals surface area contributed by atoms with E-state index in [0.29, 0.717) is 28.1 Å². The molecular formula is C22H24Cl2N4O4. The van der Waals surface area contributed by atoms with Crippen LogP contribution in [0.4, 0.5) is 5.69 Å². The number of hydrogen-bond acceptors (Lipinski definition) is 7. The third kappa shape index (κ3) is 4.59. The molecular weight excluding hydrogens is 455 g/mol. The lowest BCUT2D eigenvalue weighted by Crippen LogP contribution is -2.40. The molecule has 0 aromatic heterocycles. The normalized spacial score (nSPS) is 19.4. The summed E-state index contributed by atoms with van der Waals surface area (Å²) in [6, 6.07) is 8.47. The van der Waals surface area contributed by atoms with Gasteiger partial charge in [-0.05, 0) is 54.3 Å². The topological polar surface area (TPSA) is 112 Å². The molecule has 4 rings (SSSR count). The Bertz CT molecular complexity index is 1060. The van der Waals surface area contributed by atoms with Crippen LogP contribution in [-0.4, -0.2) is 26.4 Å². The number of anilines is 1. The first-order chi connectivity index (χ1) is 15.4. The average Bonchev–Trinajstić information content (AvgIpc) is 3.23. The Hall–Kier alpha value is -2.65. The van der Waals surface area contributed by atoms with Crippen molar-refractivity contribution in [1.29, 1.82) is 0 Å². The first-order valence-electron chi connectivity index (χ1n) is 10.1. The Morgan fingerprint density at radius 2 is 2.00 bits per heavy atom. The fourth-order valence-corrected chi connectivity index (χ4v) is 4.30. The van der Waals surface area contributed by atoms with E-state index in [4.69, 9.17) is 49.0 Å². The predicted octanol–water partition coefficient (Wildman–Crippen LogP) is 3.27. The number of hydrazine groups is 1. The van der Waals surface area contributed by atoms with Crippen LogP contribution < -0.4 is 31.4 Å². The van der Waals surface area contributed by atoms with Crippen LogP contribution in [0.5, 0.6) is 11.5 Å². The van der Waals surface area contributed by atoms with E-state index in [-0.39, 0.29) is 24.4 Å². The van der Waals surface area contributed by atoms with Crippen LogP contribution in [-0.2, 0) is 16.0 Å². The Balaban J connectivity index is 1.56. The van der Waals surface area contributed by atoms with Gasteiger partial charge < -0.3 is 25.3 Å². The zero-order chi connectivity index (χ0) is 22.8. The SMILES string of the molecule is COCC1CCc2cc3c(cc2C1NC(=O)/C(N)=C/N(N)c1ccc(Cl)c(Cl)c1)OCO3. The minimum atomic E-state index is -0.447. The summed E-state index contributed by atoms with van der Waals surface area (Å²) in [5.41, 5.74) is 8.61. The third-order valence-corrected chi connectivity index (χ3v) is 6.37. The van der Waals surface area contributed by atoms with Gasteiger partial charge >= 0.3 is 0 Å². The number of fused-ring (bicyclic) bond motifs is 2. The molecule has 5 N–H and O–H groups in total. The zero-order valence-electron chi connectivity index (χ0n) is 17.4. The molecule has 2 unspecified atom stereocenters. The number of methoxy groups -OCH3 is 1. The molecule has 1 aliphatic carbocycles. The molecule has 0 saturated carbocycles. The quantitative estimate of drug-likeness (QED) is 0.331. The summed E-state index contributed by atoms with van der Waals surface area (Å²) >= 11 is 12.0. The van der Waals surface area contributed by atoms with Crippen molar-refractivity contribution in [3.63, 3.8) is 0 Å². The van der Waals surface area contributed by atoms with Gasteiger partial charge in [0.1, 0.15) is 5.70 Å². The van der Waals surface area contributed by atoms with Crippen LogP contribution in [0.25, 0.3) is 0 Å². The molecule has 2 aliphatic rings. The zero-order valence-corrected chi connectivity index (χ0v) is 18.9. The van der Waals surface area contributed by atoms with Crippen molar-refractivity contribution >= 4 is 34.8 Å². The standard InChI is InChI=1S/C22H24Cl2N4O4/c1-30-10-13-3-2-12-6-19-20(32-11-31-19)8-15(12)21(13)27-22(29)18(25)9-28(26)14-4-5-16(23)17(24)7-14/h4-9,13,21H,2-3,10-11,25-26H2,1H3,(H,27,29)/b18-9-. The van der Waals surface area contributed by atoms with Crippen molar-refractivity contribution in [2.75, 3.05) is 25.5 Å². The number of nitrogens with zero attached hydrogens (tertiary/aromatic N) is 1. The summed E-state index contributed by atoms with van der Waals surface area (Å²) in [4.78, 5) is 13.0. The maximum Gasteiger partial charge on any atom is 0.269 e. The van der Waals surface area contributed by atoms with Gasteiger partial charge in [0, 0.05) is 19.2 Å². The lowest BCUT2D eigenvalue weighted by atomic mass is 9.79. The van der Waals surface area contributed by atoms with E-state index < -0.39 is 5.91 Å². The molecule has 2 atom stereocenters. The van der Waals surface area contributed by atoms with E-state index in [1.807, 2.05) is 12.1 Å². The van der Waals surface area contributed by atoms with E-state index in [0.717, 1.165) is 29.7 Å². The molecule has 170 valence electrons. The molecule has 1 heterocycles. The highest BCUT2D eigenvalue weighted by atomic mass is 35.5. The second-order valence-electron chi connectivity index (χ2n) is 7.70. The fraction of sp³-hybridized carbons (Fsp3) is 0.318. The van der Waals surface area contributed by atoms with Gasteiger partial charge in [-0.15, -0.1) is 0 Å². The highest BCUT2D eigenvalue weighted by Gasteiger charge is 2.33. The summed E-state index contributed by atoms with van der Waals surface area (Å²) in [6.45, 7) is 0.683. The van der Waals surface area contributed by atoms with Gasteiger partial charge in [0.25, 0.3) is 5.91 Å². The van der Waals surface area contributed by atoms with Gasteiger partial charge in [-0.3, -0.25) is 9.80 Å². The van der Waals surface area contributed by atoms with Gasteiger partial charge in [0.05, 0.1) is 28.4 Å². The van der Waals surface area contributed by atoms with Crippen LogP contribution in [0.2, 0.25) is 10.0 Å². The fourth-order valence-electron chi connectivity index (χ4n) is 4.01. The van der Waals surface area contributed by atoms with Crippen molar-refractivity contribution in [1.82, 2.24) is 5.32 Å². The van der Waals surface area contributed by atoms with E-state index in [1.54, 1.807) is 25.3 Å². The van der Waals surface area contributed by atoms with Crippen LogP contribution in [0.15, 0.2) is 42.2 Å². The number of nitrogens with two attached hydrogens (primary N) is 2. The number of ether oxygens (including phenoxy) is 3. The summed E-state index contributed by atoms with van der Waals surface area (Å²) in [5.74, 6) is 7.06. The predicted molar refractivity (Wildman–Crippen MR) is 123 cm³/mol. The van der Waals surface area contributed by atoms with Crippen molar-refractivity contribution in [3.05, 3.63) is 63.4 Å². The molecule has 1 aliphatic heterocycles. The number of halogens is 2. The minimum absolute atomic E-state index is 0.0531. The molecule has 0 spiro atoms. The van der Waals surface area contributed by atoms with Crippen LogP contribution in [0, 0.1) is 5.92 Å². The molecule has 0 bridgehead atoms. The van der Waals surface area contributed by atoms with Crippen LogP contribution in [0.3, 0.4) is 0 Å². The van der Waals surface area contributed by atoms with E-state index >= 15 is 0 Å². The number of nitrogens with one attached hydrogen (secondary N) is 1. The van der Waals surface area contributed by atoms with E-state index in [1.165, 1.54) is 11.2 Å².